The van der Waals surface area contributed by atoms with Crippen molar-refractivity contribution in [2.45, 2.75) is 23.6 Å². The quantitative estimate of drug-likeness (QED) is 0.520. The Bertz CT molecular complexity index is 188. The smallest absolute Gasteiger partial charge is 0.139 e. The number of alkyl halides is 2. The van der Waals surface area contributed by atoms with Crippen molar-refractivity contribution in [2.24, 2.45) is 11.8 Å². The van der Waals surface area contributed by atoms with Gasteiger partial charge in [-0.1, -0.05) is 0 Å². The second kappa shape index (κ2) is 1.89. The van der Waals surface area contributed by atoms with E-state index in [0.717, 1.165) is 12.8 Å². The summed E-state index contributed by atoms with van der Waals surface area (Å²) >= 11 is 11.7. The number of hydrogen-bond acceptors (Lipinski definition) is 1. The van der Waals surface area contributed by atoms with E-state index >= 15 is 0 Å². The molecule has 0 aromatic heterocycles. The summed E-state index contributed by atoms with van der Waals surface area (Å²) in [5, 5.41) is 0. The van der Waals surface area contributed by atoms with Crippen LogP contribution in [-0.2, 0) is 4.79 Å². The Morgan fingerprint density at radius 3 is 2.70 bits per heavy atom. The largest absolute Gasteiger partial charge is 0.299 e. The Labute approximate surface area is 69.7 Å². The first-order valence-corrected chi connectivity index (χ1v) is 4.30. The summed E-state index contributed by atoms with van der Waals surface area (Å²) in [6, 6.07) is 0. The molecule has 2 saturated carbocycles. The van der Waals surface area contributed by atoms with E-state index in [0.29, 0.717) is 6.42 Å². The van der Waals surface area contributed by atoms with Gasteiger partial charge < -0.3 is 0 Å². The Morgan fingerprint density at radius 2 is 2.20 bits per heavy atom. The fourth-order valence-electron chi connectivity index (χ4n) is 1.84. The third-order valence-corrected chi connectivity index (χ3v) is 3.52. The molecule has 0 amide bonds. The molecule has 0 aliphatic heterocycles. The van der Waals surface area contributed by atoms with E-state index in [9.17, 15) is 4.79 Å². The van der Waals surface area contributed by atoms with Crippen LogP contribution in [0.4, 0.5) is 0 Å². The maximum absolute atomic E-state index is 11.1. The number of Topliss-reactive ketones (excluding diaryl/α,β-unsaturated/α-hetero) is 1. The van der Waals surface area contributed by atoms with Crippen LogP contribution in [0.25, 0.3) is 0 Å². The second-order valence-electron chi connectivity index (χ2n) is 3.12. The van der Waals surface area contributed by atoms with Crippen molar-refractivity contribution < 1.29 is 4.79 Å². The van der Waals surface area contributed by atoms with Gasteiger partial charge in [0.1, 0.15) is 10.1 Å². The maximum atomic E-state index is 11.1. The minimum atomic E-state index is -0.687. The van der Waals surface area contributed by atoms with Crippen LogP contribution in [0, 0.1) is 11.8 Å². The van der Waals surface area contributed by atoms with Crippen molar-refractivity contribution in [2.75, 3.05) is 0 Å². The molecule has 2 rings (SSSR count). The van der Waals surface area contributed by atoms with Gasteiger partial charge in [-0.2, -0.15) is 0 Å². The zero-order valence-corrected chi connectivity index (χ0v) is 6.95. The zero-order valence-electron chi connectivity index (χ0n) is 5.44. The number of ketones is 1. The predicted octanol–water partition coefficient (Wildman–Crippen LogP) is 2.16. The summed E-state index contributed by atoms with van der Waals surface area (Å²) < 4.78 is -0.687. The highest BCUT2D eigenvalue weighted by Gasteiger charge is 2.66. The van der Waals surface area contributed by atoms with Crippen LogP contribution in [0.5, 0.6) is 0 Å². The summed E-state index contributed by atoms with van der Waals surface area (Å²) in [6.45, 7) is 0. The monoisotopic (exact) mass is 178 g/mol. The van der Waals surface area contributed by atoms with E-state index in [1.807, 2.05) is 0 Å². The number of rotatable bonds is 0. The topological polar surface area (TPSA) is 17.1 Å². The average molecular weight is 179 g/mol. The molecule has 3 heteroatoms. The highest BCUT2D eigenvalue weighted by molar-refractivity contribution is 6.52. The van der Waals surface area contributed by atoms with Crippen LogP contribution in [-0.4, -0.2) is 10.1 Å². The zero-order chi connectivity index (χ0) is 7.35. The molecule has 0 bridgehead atoms. The van der Waals surface area contributed by atoms with E-state index in [1.165, 1.54) is 0 Å². The van der Waals surface area contributed by atoms with Crippen LogP contribution < -0.4 is 0 Å². The first-order valence-electron chi connectivity index (χ1n) is 3.54. The van der Waals surface area contributed by atoms with Crippen molar-refractivity contribution in [1.29, 1.82) is 0 Å². The van der Waals surface area contributed by atoms with Crippen LogP contribution in [0.15, 0.2) is 0 Å². The molecule has 2 aliphatic rings. The van der Waals surface area contributed by atoms with Gasteiger partial charge in [0, 0.05) is 12.3 Å². The summed E-state index contributed by atoms with van der Waals surface area (Å²) in [4.78, 5) is 11.1. The lowest BCUT2D eigenvalue weighted by Crippen LogP contribution is -2.08. The van der Waals surface area contributed by atoms with E-state index < -0.39 is 4.33 Å². The summed E-state index contributed by atoms with van der Waals surface area (Å²) in [5.74, 6) is 0.517. The van der Waals surface area contributed by atoms with Gasteiger partial charge in [-0.15, -0.1) is 23.2 Å². The fourth-order valence-corrected chi connectivity index (χ4v) is 2.73. The molecule has 1 nitrogen and oxygen atoms in total. The standard InChI is InChI=1S/C7H8Cl2O/c8-7(9)4-2-1-3-5(10)6(4)7/h4,6H,1-3H2. The minimum absolute atomic E-state index is 0.0235. The van der Waals surface area contributed by atoms with Gasteiger partial charge in [0.25, 0.3) is 0 Å². The fraction of sp³-hybridized carbons (Fsp3) is 0.857. The van der Waals surface area contributed by atoms with Gasteiger partial charge in [-0.3, -0.25) is 4.79 Å². The van der Waals surface area contributed by atoms with Crippen molar-refractivity contribution >= 4 is 29.0 Å². The average Bonchev–Trinajstić information content (AvgIpc) is 2.38. The Morgan fingerprint density at radius 1 is 1.50 bits per heavy atom. The molecule has 0 N–H and O–H groups in total. The molecule has 0 radical (unpaired) electrons. The van der Waals surface area contributed by atoms with Gasteiger partial charge in [0.05, 0.1) is 5.92 Å². The lowest BCUT2D eigenvalue weighted by molar-refractivity contribution is -0.121. The lowest BCUT2D eigenvalue weighted by Gasteiger charge is -2.03. The minimum Gasteiger partial charge on any atom is -0.299 e. The number of fused-ring (bicyclic) bond motifs is 1. The number of carbonyl (C=O) groups excluding carboxylic acids is 1. The Kier molecular flexibility index (Phi) is 1.31. The van der Waals surface area contributed by atoms with Crippen molar-refractivity contribution in [3.8, 4) is 0 Å². The first-order chi connectivity index (χ1) is 4.64. The van der Waals surface area contributed by atoms with Gasteiger partial charge in [-0.05, 0) is 12.8 Å². The van der Waals surface area contributed by atoms with E-state index in [4.69, 9.17) is 23.2 Å². The molecule has 0 aromatic rings. The van der Waals surface area contributed by atoms with Gasteiger partial charge in [0.2, 0.25) is 0 Å². The van der Waals surface area contributed by atoms with Crippen molar-refractivity contribution in [1.82, 2.24) is 0 Å². The number of hydrogen-bond donors (Lipinski definition) is 0. The van der Waals surface area contributed by atoms with E-state index in [1.54, 1.807) is 0 Å². The highest BCUT2D eigenvalue weighted by Crippen LogP contribution is 2.63. The Hall–Kier alpha value is 0.250. The molecule has 2 aliphatic carbocycles. The van der Waals surface area contributed by atoms with E-state index in [2.05, 4.69) is 0 Å². The predicted molar refractivity (Wildman–Crippen MR) is 40.3 cm³/mol. The SMILES string of the molecule is O=C1CCCC2C1C2(Cl)Cl. The maximum Gasteiger partial charge on any atom is 0.139 e. The van der Waals surface area contributed by atoms with Gasteiger partial charge in [0.15, 0.2) is 0 Å². The van der Waals surface area contributed by atoms with Crippen LogP contribution in [0.3, 0.4) is 0 Å². The third kappa shape index (κ3) is 0.737. The molecule has 2 fully saturated rings. The van der Waals surface area contributed by atoms with Crippen LogP contribution >= 0.6 is 23.2 Å². The molecule has 10 heavy (non-hydrogen) atoms. The van der Waals surface area contributed by atoms with Crippen molar-refractivity contribution in [3.63, 3.8) is 0 Å². The lowest BCUT2D eigenvalue weighted by atomic mass is 10.00. The molecule has 2 unspecified atom stereocenters. The summed E-state index contributed by atoms with van der Waals surface area (Å²) in [7, 11) is 0. The summed E-state index contributed by atoms with van der Waals surface area (Å²) in [6.07, 6.45) is 2.69. The highest BCUT2D eigenvalue weighted by atomic mass is 35.5. The Balaban J connectivity index is 2.18. The van der Waals surface area contributed by atoms with Crippen molar-refractivity contribution in [3.05, 3.63) is 0 Å². The molecular formula is C7H8Cl2O. The van der Waals surface area contributed by atoms with Gasteiger partial charge >= 0.3 is 0 Å². The summed E-state index contributed by atoms with van der Waals surface area (Å²) in [5.41, 5.74) is 0. The molecule has 56 valence electrons. The van der Waals surface area contributed by atoms with Gasteiger partial charge in [-0.25, -0.2) is 0 Å². The van der Waals surface area contributed by atoms with Crippen LogP contribution in [0.1, 0.15) is 19.3 Å². The number of halogens is 2. The van der Waals surface area contributed by atoms with Crippen LogP contribution in [0.2, 0.25) is 0 Å². The second-order valence-corrected chi connectivity index (χ2v) is 4.56. The number of carbonyl (C=O) groups is 1. The first kappa shape index (κ1) is 6.93. The molecule has 0 saturated heterocycles. The normalized spacial score (nSPS) is 42.8. The third-order valence-electron chi connectivity index (χ3n) is 2.49. The molecule has 0 heterocycles. The molecule has 0 aromatic carbocycles. The molecular weight excluding hydrogens is 171 g/mol. The molecule has 0 spiro atoms. The van der Waals surface area contributed by atoms with E-state index in [-0.39, 0.29) is 17.6 Å². The molecule has 2 atom stereocenters.